The van der Waals surface area contributed by atoms with Crippen molar-refractivity contribution in [3.05, 3.63) is 90.0 Å². The molecule has 3 aromatic carbocycles. The van der Waals surface area contributed by atoms with E-state index in [1.165, 1.54) is 59.2 Å². The molecule has 0 bridgehead atoms. The summed E-state index contributed by atoms with van der Waals surface area (Å²) in [6, 6.07) is 18.4. The van der Waals surface area contributed by atoms with Gasteiger partial charge in [0.05, 0.1) is 17.7 Å². The maximum Gasteiger partial charge on any atom is 0.573 e. The Bertz CT molecular complexity index is 1730. The first kappa shape index (κ1) is 31.5. The number of ether oxygens (including phenoxy) is 1. The Balaban J connectivity index is 1.21. The fourth-order valence-corrected chi connectivity index (χ4v) is 5.64. The van der Waals surface area contributed by atoms with Crippen molar-refractivity contribution in [2.24, 2.45) is 4.99 Å². The van der Waals surface area contributed by atoms with Gasteiger partial charge < -0.3 is 15.0 Å². The highest BCUT2D eigenvalue weighted by molar-refractivity contribution is 8.14. The van der Waals surface area contributed by atoms with E-state index in [4.69, 9.17) is 0 Å². The van der Waals surface area contributed by atoms with Gasteiger partial charge in [-0.3, -0.25) is 0 Å². The molecule has 1 atom stereocenters. The number of rotatable bonds is 8. The van der Waals surface area contributed by atoms with Gasteiger partial charge >= 0.3 is 12.4 Å². The summed E-state index contributed by atoms with van der Waals surface area (Å²) in [6.45, 7) is 4.62. The number of halogens is 4. The lowest BCUT2D eigenvalue weighted by molar-refractivity contribution is -0.274. The average molecular weight is 638 g/mol. The monoisotopic (exact) mass is 637 g/mol. The minimum Gasteiger partial charge on any atom is -0.406 e. The Morgan fingerprint density at radius 1 is 1.13 bits per heavy atom. The van der Waals surface area contributed by atoms with Gasteiger partial charge in [0.15, 0.2) is 11.0 Å². The molecular formula is C31H27F4N7O2S. The Kier molecular flexibility index (Phi) is 9.38. The first-order valence-electron chi connectivity index (χ1n) is 13.8. The molecular weight excluding hydrogens is 610 g/mol. The predicted octanol–water partition coefficient (Wildman–Crippen LogP) is 7.02. The van der Waals surface area contributed by atoms with Crippen molar-refractivity contribution in [2.75, 3.05) is 23.7 Å². The number of amidine groups is 1. The van der Waals surface area contributed by atoms with E-state index in [1.54, 1.807) is 30.3 Å². The molecule has 0 aliphatic carbocycles. The summed E-state index contributed by atoms with van der Waals surface area (Å²) in [6.07, 6.45) is -3.35. The number of carbonyl (C=O) groups is 1. The number of nitrogens with zero attached hydrogens (tertiary/aromatic N) is 6. The molecule has 0 saturated carbocycles. The van der Waals surface area contributed by atoms with Crippen LogP contribution in [0.3, 0.4) is 0 Å². The van der Waals surface area contributed by atoms with Gasteiger partial charge in [-0.25, -0.2) is 18.9 Å². The third kappa shape index (κ3) is 7.79. The van der Waals surface area contributed by atoms with E-state index in [9.17, 15) is 27.6 Å². The van der Waals surface area contributed by atoms with E-state index >= 15 is 0 Å². The van der Waals surface area contributed by atoms with E-state index < -0.39 is 18.3 Å². The minimum absolute atomic E-state index is 0.0326. The second-order valence-corrected chi connectivity index (χ2v) is 11.4. The van der Waals surface area contributed by atoms with Crippen LogP contribution in [0.2, 0.25) is 0 Å². The van der Waals surface area contributed by atoms with Crippen LogP contribution in [0.15, 0.2) is 78.0 Å². The van der Waals surface area contributed by atoms with E-state index in [1.807, 2.05) is 18.7 Å². The summed E-state index contributed by atoms with van der Waals surface area (Å²) in [5, 5.41) is 17.4. The van der Waals surface area contributed by atoms with Crippen LogP contribution in [0.4, 0.5) is 28.0 Å². The van der Waals surface area contributed by atoms with Gasteiger partial charge in [-0.05, 0) is 59.5 Å². The molecule has 1 aliphatic heterocycles. The third-order valence-corrected chi connectivity index (χ3v) is 7.84. The Labute approximate surface area is 260 Å². The zero-order valence-electron chi connectivity index (χ0n) is 24.1. The van der Waals surface area contributed by atoms with Crippen molar-refractivity contribution < 1.29 is 27.1 Å². The fraction of sp³-hybridized carbons (Fsp3) is 0.258. The molecule has 4 aromatic rings. The molecule has 2 heterocycles. The summed E-state index contributed by atoms with van der Waals surface area (Å²) in [5.74, 6) is -0.141. The van der Waals surface area contributed by atoms with E-state index in [-0.39, 0.29) is 24.0 Å². The van der Waals surface area contributed by atoms with Gasteiger partial charge in [0.2, 0.25) is 0 Å². The maximum atomic E-state index is 13.9. The van der Waals surface area contributed by atoms with Gasteiger partial charge in [-0.2, -0.15) is 10.3 Å². The van der Waals surface area contributed by atoms with Crippen LogP contribution in [0.25, 0.3) is 17.1 Å². The van der Waals surface area contributed by atoms with Crippen molar-refractivity contribution in [3.8, 4) is 28.9 Å². The molecule has 1 aliphatic rings. The van der Waals surface area contributed by atoms with Crippen molar-refractivity contribution in [1.82, 2.24) is 20.1 Å². The number of alkyl halides is 3. The first-order valence-corrected chi connectivity index (χ1v) is 14.8. The lowest BCUT2D eigenvalue weighted by Gasteiger charge is -2.23. The number of urea groups is 1. The van der Waals surface area contributed by atoms with Crippen LogP contribution in [0.5, 0.6) is 5.75 Å². The smallest absolute Gasteiger partial charge is 0.406 e. The lowest BCUT2D eigenvalue weighted by Crippen LogP contribution is -2.30. The van der Waals surface area contributed by atoms with Crippen LogP contribution in [-0.2, 0) is 0 Å². The van der Waals surface area contributed by atoms with Crippen LogP contribution < -0.4 is 15.0 Å². The van der Waals surface area contributed by atoms with Gasteiger partial charge in [0, 0.05) is 30.1 Å². The van der Waals surface area contributed by atoms with Gasteiger partial charge in [-0.15, -0.1) is 18.3 Å². The Morgan fingerprint density at radius 3 is 2.53 bits per heavy atom. The molecule has 0 spiro atoms. The number of thioether (sulfide) groups is 1. The van der Waals surface area contributed by atoms with Crippen molar-refractivity contribution >= 4 is 28.6 Å². The molecule has 45 heavy (non-hydrogen) atoms. The van der Waals surface area contributed by atoms with Gasteiger partial charge in [0.1, 0.15) is 17.9 Å². The van der Waals surface area contributed by atoms with Crippen LogP contribution in [-0.4, -0.2) is 51.2 Å². The molecule has 232 valence electrons. The molecule has 14 heteroatoms. The SMILES string of the molecule is CC(C)c1cc(F)ccc1N1CCS/C1=N\C(=O)NCC(C#N)c1ccc(-c2ncn(-c3ccc(OC(F)(F)F)cc3)n2)cc1. The number of hydrogen-bond acceptors (Lipinski definition) is 6. The summed E-state index contributed by atoms with van der Waals surface area (Å²) in [7, 11) is 0. The number of hydrogen-bond donors (Lipinski definition) is 1. The molecule has 1 fully saturated rings. The zero-order chi connectivity index (χ0) is 32.1. The highest BCUT2D eigenvalue weighted by Gasteiger charge is 2.31. The molecule has 1 N–H and O–H groups in total. The third-order valence-electron chi connectivity index (χ3n) is 6.89. The van der Waals surface area contributed by atoms with E-state index in [2.05, 4.69) is 31.2 Å². The largest absolute Gasteiger partial charge is 0.573 e. The van der Waals surface area contributed by atoms with Crippen molar-refractivity contribution in [3.63, 3.8) is 0 Å². The molecule has 0 radical (unpaired) electrons. The number of nitrogens with one attached hydrogen (secondary N) is 1. The van der Waals surface area contributed by atoms with E-state index in [0.29, 0.717) is 34.4 Å². The molecule has 5 rings (SSSR count). The molecule has 1 aromatic heterocycles. The summed E-state index contributed by atoms with van der Waals surface area (Å²) >= 11 is 1.43. The normalized spacial score (nSPS) is 14.9. The number of aliphatic imine (C=N–C) groups is 1. The Hall–Kier alpha value is -4.90. The quantitative estimate of drug-likeness (QED) is 0.207. The lowest BCUT2D eigenvalue weighted by atomic mass is 9.99. The second kappa shape index (κ2) is 13.4. The highest BCUT2D eigenvalue weighted by Crippen LogP contribution is 2.33. The first-order chi connectivity index (χ1) is 21.5. The predicted molar refractivity (Wildman–Crippen MR) is 163 cm³/mol. The minimum atomic E-state index is -4.78. The van der Waals surface area contributed by atoms with Gasteiger partial charge in [-0.1, -0.05) is 49.9 Å². The highest BCUT2D eigenvalue weighted by atomic mass is 32.2. The molecule has 2 amide bonds. The average Bonchev–Trinajstić information content (AvgIpc) is 3.68. The van der Waals surface area contributed by atoms with Crippen molar-refractivity contribution in [1.29, 1.82) is 5.26 Å². The molecule has 1 saturated heterocycles. The summed E-state index contributed by atoms with van der Waals surface area (Å²) < 4.78 is 56.4. The molecule has 1 unspecified atom stereocenters. The molecule has 9 nitrogen and oxygen atoms in total. The Morgan fingerprint density at radius 2 is 1.87 bits per heavy atom. The maximum absolute atomic E-state index is 13.9. The number of nitriles is 1. The number of aromatic nitrogens is 3. The summed E-state index contributed by atoms with van der Waals surface area (Å²) in [4.78, 5) is 23.2. The standard InChI is InChI=1S/C31H27F4N7O2S/c1-19(2)26-15-23(32)7-12-27(26)41-13-14-45-30(41)39-29(43)37-17-22(16-36)20-3-5-21(6-4-20)28-38-18-42(40-28)24-8-10-25(11-9-24)44-31(33,34)35/h3-12,15,18-19,22H,13-14,17H2,1-2H3,(H,37,43)/b39-30-. The second-order valence-electron chi connectivity index (χ2n) is 10.3. The van der Waals surface area contributed by atoms with Crippen LogP contribution in [0.1, 0.15) is 36.8 Å². The topological polar surface area (TPSA) is 108 Å². The van der Waals surface area contributed by atoms with Crippen molar-refractivity contribution in [2.45, 2.75) is 32.0 Å². The van der Waals surface area contributed by atoms with Crippen LogP contribution in [0, 0.1) is 17.1 Å². The number of carbonyl (C=O) groups excluding carboxylic acids is 1. The summed E-state index contributed by atoms with van der Waals surface area (Å²) in [5.41, 5.74) is 3.45. The zero-order valence-corrected chi connectivity index (χ0v) is 24.9. The van der Waals surface area contributed by atoms with E-state index in [0.717, 1.165) is 17.0 Å². The van der Waals surface area contributed by atoms with Gasteiger partial charge in [0.25, 0.3) is 0 Å². The number of anilines is 1. The number of amides is 2. The fourth-order valence-electron chi connectivity index (χ4n) is 4.69. The van der Waals surface area contributed by atoms with Crippen LogP contribution >= 0.6 is 11.8 Å². The number of benzene rings is 3.